The number of rotatable bonds is 4. The normalized spacial score (nSPS) is 24.8. The van der Waals surface area contributed by atoms with Gasteiger partial charge in [-0.05, 0) is 38.5 Å². The van der Waals surface area contributed by atoms with Crippen molar-refractivity contribution < 1.29 is 13.2 Å². The molecule has 1 aliphatic heterocycles. The van der Waals surface area contributed by atoms with E-state index in [0.717, 1.165) is 0 Å². The summed E-state index contributed by atoms with van der Waals surface area (Å²) >= 11 is 0. The van der Waals surface area contributed by atoms with Gasteiger partial charge in [0.2, 0.25) is 15.9 Å². The Morgan fingerprint density at radius 3 is 2.22 bits per heavy atom. The Morgan fingerprint density at radius 2 is 1.78 bits per heavy atom. The minimum Gasteiger partial charge on any atom is -0.353 e. The molecule has 1 saturated heterocycles. The number of carbonyl (C=O) groups is 1. The predicted molar refractivity (Wildman–Crippen MR) is 69.5 cm³/mol. The molecule has 0 aromatic rings. The molecular formula is C12H22N2O3S. The maximum absolute atomic E-state index is 12.0. The molecule has 2 fully saturated rings. The fourth-order valence-corrected chi connectivity index (χ4v) is 3.38. The second-order valence-corrected chi connectivity index (χ2v) is 7.55. The average molecular weight is 274 g/mol. The molecule has 1 amide bonds. The van der Waals surface area contributed by atoms with Crippen molar-refractivity contribution in [3.63, 3.8) is 0 Å². The zero-order valence-electron chi connectivity index (χ0n) is 11.1. The van der Waals surface area contributed by atoms with Crippen LogP contribution in [0.15, 0.2) is 0 Å². The lowest BCUT2D eigenvalue weighted by Crippen LogP contribution is -2.44. The molecule has 1 unspecified atom stereocenters. The molecule has 1 heterocycles. The lowest BCUT2D eigenvalue weighted by Gasteiger charge is -2.30. The van der Waals surface area contributed by atoms with Gasteiger partial charge < -0.3 is 5.32 Å². The van der Waals surface area contributed by atoms with E-state index in [1.165, 1.54) is 23.4 Å². The Labute approximate surface area is 109 Å². The third-order valence-electron chi connectivity index (χ3n) is 3.99. The largest absolute Gasteiger partial charge is 0.353 e. The molecule has 1 atom stereocenters. The van der Waals surface area contributed by atoms with Gasteiger partial charge in [0, 0.05) is 25.0 Å². The summed E-state index contributed by atoms with van der Waals surface area (Å²) in [6, 6.07) is 0.269. The highest BCUT2D eigenvalue weighted by atomic mass is 32.2. The highest BCUT2D eigenvalue weighted by Gasteiger charge is 2.33. The van der Waals surface area contributed by atoms with Crippen LogP contribution in [-0.2, 0) is 14.8 Å². The number of nitrogens with zero attached hydrogens (tertiary/aromatic N) is 1. The number of sulfonamides is 1. The maximum atomic E-state index is 12.0. The summed E-state index contributed by atoms with van der Waals surface area (Å²) in [6.07, 6.45) is 4.93. The summed E-state index contributed by atoms with van der Waals surface area (Å²) in [5.74, 6) is 0.733. The van der Waals surface area contributed by atoms with Crippen molar-refractivity contribution in [1.82, 2.24) is 9.62 Å². The topological polar surface area (TPSA) is 66.5 Å². The van der Waals surface area contributed by atoms with Crippen molar-refractivity contribution in [1.29, 1.82) is 0 Å². The molecule has 104 valence electrons. The van der Waals surface area contributed by atoms with E-state index in [2.05, 4.69) is 12.2 Å². The van der Waals surface area contributed by atoms with E-state index in [9.17, 15) is 13.2 Å². The van der Waals surface area contributed by atoms with Crippen LogP contribution in [0.5, 0.6) is 0 Å². The molecule has 0 aromatic heterocycles. The molecule has 1 N–H and O–H groups in total. The first-order chi connectivity index (χ1) is 8.38. The molecule has 18 heavy (non-hydrogen) atoms. The van der Waals surface area contributed by atoms with E-state index >= 15 is 0 Å². The van der Waals surface area contributed by atoms with Crippen molar-refractivity contribution in [2.45, 2.75) is 38.6 Å². The van der Waals surface area contributed by atoms with E-state index < -0.39 is 10.0 Å². The van der Waals surface area contributed by atoms with Crippen LogP contribution in [0.3, 0.4) is 0 Å². The molecule has 0 bridgehead atoms. The van der Waals surface area contributed by atoms with Crippen molar-refractivity contribution >= 4 is 15.9 Å². The van der Waals surface area contributed by atoms with Crippen LogP contribution in [0.2, 0.25) is 0 Å². The molecule has 0 radical (unpaired) electrons. The Kier molecular flexibility index (Phi) is 3.96. The van der Waals surface area contributed by atoms with Gasteiger partial charge in [0.05, 0.1) is 6.26 Å². The van der Waals surface area contributed by atoms with Crippen LogP contribution in [0.4, 0.5) is 0 Å². The van der Waals surface area contributed by atoms with E-state index in [4.69, 9.17) is 0 Å². The van der Waals surface area contributed by atoms with Gasteiger partial charge in [0.15, 0.2) is 0 Å². The number of nitrogens with one attached hydrogen (secondary N) is 1. The van der Waals surface area contributed by atoms with E-state index in [1.807, 2.05) is 0 Å². The molecule has 2 aliphatic rings. The fourth-order valence-electron chi connectivity index (χ4n) is 2.51. The highest BCUT2D eigenvalue weighted by molar-refractivity contribution is 7.88. The molecule has 2 rings (SSSR count). The number of amides is 1. The number of piperidine rings is 1. The van der Waals surface area contributed by atoms with E-state index in [0.29, 0.717) is 31.8 Å². The summed E-state index contributed by atoms with van der Waals surface area (Å²) in [5.41, 5.74) is 0. The van der Waals surface area contributed by atoms with Crippen molar-refractivity contribution in [3.05, 3.63) is 0 Å². The molecule has 5 nitrogen and oxygen atoms in total. The van der Waals surface area contributed by atoms with Gasteiger partial charge in [0.25, 0.3) is 0 Å². The second kappa shape index (κ2) is 5.17. The van der Waals surface area contributed by atoms with Crippen LogP contribution >= 0.6 is 0 Å². The SMILES string of the molecule is CC(NC(=O)C1CCN(S(C)(=O)=O)CC1)C1CC1. The molecular weight excluding hydrogens is 252 g/mol. The molecule has 0 spiro atoms. The van der Waals surface area contributed by atoms with Gasteiger partial charge in [-0.3, -0.25) is 4.79 Å². The minimum atomic E-state index is -3.10. The molecule has 6 heteroatoms. The second-order valence-electron chi connectivity index (χ2n) is 5.57. The first-order valence-corrected chi connectivity index (χ1v) is 8.48. The van der Waals surface area contributed by atoms with Crippen molar-refractivity contribution in [2.75, 3.05) is 19.3 Å². The summed E-state index contributed by atoms with van der Waals surface area (Å²) < 4.78 is 24.2. The van der Waals surface area contributed by atoms with Crippen LogP contribution in [0.25, 0.3) is 0 Å². The Morgan fingerprint density at radius 1 is 1.22 bits per heavy atom. The first-order valence-electron chi connectivity index (χ1n) is 6.63. The number of hydrogen-bond donors (Lipinski definition) is 1. The van der Waals surface area contributed by atoms with Gasteiger partial charge >= 0.3 is 0 Å². The quantitative estimate of drug-likeness (QED) is 0.815. The first kappa shape index (κ1) is 13.8. The van der Waals surface area contributed by atoms with Crippen LogP contribution < -0.4 is 5.32 Å². The van der Waals surface area contributed by atoms with E-state index in [1.54, 1.807) is 0 Å². The summed E-state index contributed by atoms with van der Waals surface area (Å²) in [7, 11) is -3.10. The number of carbonyl (C=O) groups excluding carboxylic acids is 1. The smallest absolute Gasteiger partial charge is 0.223 e. The van der Waals surface area contributed by atoms with Crippen LogP contribution in [-0.4, -0.2) is 44.0 Å². The lowest BCUT2D eigenvalue weighted by atomic mass is 9.96. The van der Waals surface area contributed by atoms with Crippen LogP contribution in [0, 0.1) is 11.8 Å². The molecule has 1 saturated carbocycles. The summed E-state index contributed by atoms with van der Waals surface area (Å²) in [4.78, 5) is 12.0. The zero-order valence-corrected chi connectivity index (χ0v) is 11.9. The number of hydrogen-bond acceptors (Lipinski definition) is 3. The van der Waals surface area contributed by atoms with Gasteiger partial charge in [-0.15, -0.1) is 0 Å². The molecule has 1 aliphatic carbocycles. The summed E-state index contributed by atoms with van der Waals surface area (Å²) in [5, 5.41) is 3.06. The van der Waals surface area contributed by atoms with E-state index in [-0.39, 0.29) is 17.9 Å². The van der Waals surface area contributed by atoms with Crippen LogP contribution in [0.1, 0.15) is 32.6 Å². The zero-order chi connectivity index (χ0) is 13.3. The Hall–Kier alpha value is -0.620. The third kappa shape index (κ3) is 3.45. The summed E-state index contributed by atoms with van der Waals surface area (Å²) in [6.45, 7) is 2.99. The highest BCUT2D eigenvalue weighted by Crippen LogP contribution is 2.32. The van der Waals surface area contributed by atoms with Gasteiger partial charge in [-0.2, -0.15) is 0 Å². The average Bonchev–Trinajstić information content (AvgIpc) is 3.11. The van der Waals surface area contributed by atoms with Gasteiger partial charge in [0.1, 0.15) is 0 Å². The maximum Gasteiger partial charge on any atom is 0.223 e. The van der Waals surface area contributed by atoms with Crippen molar-refractivity contribution in [2.24, 2.45) is 11.8 Å². The fraction of sp³-hybridized carbons (Fsp3) is 0.917. The lowest BCUT2D eigenvalue weighted by molar-refractivity contribution is -0.126. The minimum absolute atomic E-state index is 0.0239. The Balaban J connectivity index is 1.80. The molecule has 0 aromatic carbocycles. The van der Waals surface area contributed by atoms with Crippen molar-refractivity contribution in [3.8, 4) is 0 Å². The van der Waals surface area contributed by atoms with Gasteiger partial charge in [-0.1, -0.05) is 0 Å². The Bertz CT molecular complexity index is 409. The predicted octanol–water partition coefficient (Wildman–Crippen LogP) is 0.573. The standard InChI is InChI=1S/C12H22N2O3S/c1-9(10-3-4-10)13-12(15)11-5-7-14(8-6-11)18(2,16)17/h9-11H,3-8H2,1-2H3,(H,13,15). The third-order valence-corrected chi connectivity index (χ3v) is 5.30. The van der Waals surface area contributed by atoms with Gasteiger partial charge in [-0.25, -0.2) is 12.7 Å². The monoisotopic (exact) mass is 274 g/mol.